The van der Waals surface area contributed by atoms with Gasteiger partial charge in [0, 0.05) is 29.9 Å². The predicted molar refractivity (Wildman–Crippen MR) is 77.7 cm³/mol. The Hall–Kier alpha value is -1.80. The van der Waals surface area contributed by atoms with E-state index in [4.69, 9.17) is 0 Å². The molecule has 1 aromatic carbocycles. The number of rotatable bonds is 5. The van der Waals surface area contributed by atoms with E-state index in [1.54, 1.807) is 17.8 Å². The Balaban J connectivity index is 2.29. The highest BCUT2D eigenvalue weighted by atomic mass is 32.2. The lowest BCUT2D eigenvalue weighted by Crippen LogP contribution is -2.28. The molecule has 0 bridgehead atoms. The van der Waals surface area contributed by atoms with Crippen LogP contribution in [-0.2, 0) is 16.6 Å². The molecular weight excluding hydrogens is 312 g/mol. The van der Waals surface area contributed by atoms with Gasteiger partial charge in [0.15, 0.2) is 0 Å². The third-order valence-corrected chi connectivity index (χ3v) is 5.00. The topological polar surface area (TPSA) is 64.0 Å². The van der Waals surface area contributed by atoms with Crippen LogP contribution in [0.3, 0.4) is 0 Å². The van der Waals surface area contributed by atoms with Crippen LogP contribution in [0.1, 0.15) is 31.1 Å². The summed E-state index contributed by atoms with van der Waals surface area (Å²) in [6.07, 6.45) is 1.58. The molecule has 2 aromatic rings. The average Bonchev–Trinajstić information content (AvgIpc) is 2.78. The van der Waals surface area contributed by atoms with E-state index in [0.29, 0.717) is 18.2 Å². The molecule has 0 aliphatic rings. The molecule has 0 amide bonds. The second-order valence-electron chi connectivity index (χ2n) is 4.92. The SMILES string of the molecule is CCn1ncc(C(C)NS(=O)(=O)c2ccc(F)cc2F)c1C. The lowest BCUT2D eigenvalue weighted by atomic mass is 10.1. The highest BCUT2D eigenvalue weighted by molar-refractivity contribution is 7.89. The van der Waals surface area contributed by atoms with Gasteiger partial charge in [0.1, 0.15) is 16.5 Å². The van der Waals surface area contributed by atoms with E-state index in [1.165, 1.54) is 0 Å². The largest absolute Gasteiger partial charge is 0.270 e. The minimum absolute atomic E-state index is 0.541. The average molecular weight is 329 g/mol. The Morgan fingerprint density at radius 1 is 1.36 bits per heavy atom. The molecule has 0 saturated carbocycles. The van der Waals surface area contributed by atoms with Crippen molar-refractivity contribution < 1.29 is 17.2 Å². The minimum Gasteiger partial charge on any atom is -0.270 e. The second-order valence-corrected chi connectivity index (χ2v) is 6.60. The van der Waals surface area contributed by atoms with Gasteiger partial charge in [-0.15, -0.1) is 0 Å². The van der Waals surface area contributed by atoms with Crippen LogP contribution in [0, 0.1) is 18.6 Å². The molecule has 22 heavy (non-hydrogen) atoms. The number of hydrogen-bond donors (Lipinski definition) is 1. The van der Waals surface area contributed by atoms with Crippen LogP contribution in [0.15, 0.2) is 29.3 Å². The van der Waals surface area contributed by atoms with Crippen molar-refractivity contribution in [3.63, 3.8) is 0 Å². The summed E-state index contributed by atoms with van der Waals surface area (Å²) in [4.78, 5) is -0.582. The molecule has 0 aliphatic heterocycles. The van der Waals surface area contributed by atoms with E-state index in [9.17, 15) is 17.2 Å². The van der Waals surface area contributed by atoms with Crippen LogP contribution in [0.5, 0.6) is 0 Å². The molecule has 0 spiro atoms. The number of hydrogen-bond acceptors (Lipinski definition) is 3. The molecule has 1 N–H and O–H groups in total. The molecule has 1 aromatic heterocycles. The van der Waals surface area contributed by atoms with Crippen molar-refractivity contribution in [3.8, 4) is 0 Å². The van der Waals surface area contributed by atoms with Gasteiger partial charge < -0.3 is 0 Å². The molecule has 5 nitrogen and oxygen atoms in total. The van der Waals surface area contributed by atoms with E-state index in [-0.39, 0.29) is 0 Å². The van der Waals surface area contributed by atoms with Crippen molar-refractivity contribution in [2.24, 2.45) is 0 Å². The van der Waals surface area contributed by atoms with Crippen molar-refractivity contribution in [2.75, 3.05) is 0 Å². The first-order chi connectivity index (χ1) is 10.3. The smallest absolute Gasteiger partial charge is 0.244 e. The maximum atomic E-state index is 13.7. The highest BCUT2D eigenvalue weighted by Crippen LogP contribution is 2.21. The number of halogens is 2. The number of nitrogens with one attached hydrogen (secondary N) is 1. The van der Waals surface area contributed by atoms with E-state index >= 15 is 0 Å². The van der Waals surface area contributed by atoms with Crippen molar-refractivity contribution in [2.45, 2.75) is 38.3 Å². The van der Waals surface area contributed by atoms with Gasteiger partial charge in [-0.25, -0.2) is 21.9 Å². The predicted octanol–water partition coefficient (Wildman–Crippen LogP) is 2.53. The van der Waals surface area contributed by atoms with Gasteiger partial charge in [-0.1, -0.05) is 0 Å². The molecule has 120 valence electrons. The minimum atomic E-state index is -4.10. The summed E-state index contributed by atoms with van der Waals surface area (Å²) in [7, 11) is -4.10. The molecule has 0 aliphatic carbocycles. The van der Waals surface area contributed by atoms with Crippen LogP contribution in [-0.4, -0.2) is 18.2 Å². The van der Waals surface area contributed by atoms with Gasteiger partial charge in [-0.05, 0) is 32.9 Å². The van der Waals surface area contributed by atoms with Crippen molar-refractivity contribution >= 4 is 10.0 Å². The molecular formula is C14H17F2N3O2S. The van der Waals surface area contributed by atoms with E-state index < -0.39 is 32.6 Å². The molecule has 8 heteroatoms. The molecule has 0 saturated heterocycles. The quantitative estimate of drug-likeness (QED) is 0.917. The number of benzene rings is 1. The second kappa shape index (κ2) is 6.13. The fourth-order valence-electron chi connectivity index (χ4n) is 2.26. The van der Waals surface area contributed by atoms with Gasteiger partial charge in [0.05, 0.1) is 6.20 Å². The van der Waals surface area contributed by atoms with E-state index in [1.807, 2.05) is 13.8 Å². The summed E-state index contributed by atoms with van der Waals surface area (Å²) in [6, 6.07) is 1.76. The van der Waals surface area contributed by atoms with E-state index in [0.717, 1.165) is 17.8 Å². The maximum Gasteiger partial charge on any atom is 0.244 e. The van der Waals surface area contributed by atoms with Crippen LogP contribution in [0.25, 0.3) is 0 Å². The lowest BCUT2D eigenvalue weighted by Gasteiger charge is -2.14. The zero-order chi connectivity index (χ0) is 16.5. The number of aryl methyl sites for hydroxylation is 1. The van der Waals surface area contributed by atoms with E-state index in [2.05, 4.69) is 9.82 Å². The molecule has 1 atom stereocenters. The van der Waals surface area contributed by atoms with Crippen LogP contribution < -0.4 is 4.72 Å². The van der Waals surface area contributed by atoms with Crippen LogP contribution in [0.4, 0.5) is 8.78 Å². The molecule has 0 fully saturated rings. The first-order valence-corrected chi connectivity index (χ1v) is 8.24. The number of aromatic nitrogens is 2. The Kier molecular flexibility index (Phi) is 4.62. The fourth-order valence-corrected chi connectivity index (χ4v) is 3.54. The van der Waals surface area contributed by atoms with Gasteiger partial charge in [0.25, 0.3) is 0 Å². The van der Waals surface area contributed by atoms with Gasteiger partial charge in [-0.3, -0.25) is 4.68 Å². The van der Waals surface area contributed by atoms with Gasteiger partial charge in [-0.2, -0.15) is 5.10 Å². The number of nitrogens with zero attached hydrogens (tertiary/aromatic N) is 2. The lowest BCUT2D eigenvalue weighted by molar-refractivity contribution is 0.536. The zero-order valence-corrected chi connectivity index (χ0v) is 13.3. The summed E-state index contributed by atoms with van der Waals surface area (Å²) in [6.45, 7) is 6.06. The summed E-state index contributed by atoms with van der Waals surface area (Å²) < 4.78 is 55.1. The standard InChI is InChI=1S/C14H17F2N3O2S/c1-4-19-10(3)12(8-17-19)9(2)18-22(20,21)14-6-5-11(15)7-13(14)16/h5-9,18H,4H2,1-3H3. The van der Waals surface area contributed by atoms with Gasteiger partial charge >= 0.3 is 0 Å². The summed E-state index contributed by atoms with van der Waals surface area (Å²) >= 11 is 0. The molecule has 1 unspecified atom stereocenters. The molecule has 2 rings (SSSR count). The number of sulfonamides is 1. The molecule has 0 radical (unpaired) electrons. The third kappa shape index (κ3) is 3.17. The first-order valence-electron chi connectivity index (χ1n) is 6.76. The molecule has 1 heterocycles. The summed E-state index contributed by atoms with van der Waals surface area (Å²) in [5, 5.41) is 4.15. The Bertz CT molecular complexity index is 787. The van der Waals surface area contributed by atoms with Crippen molar-refractivity contribution in [3.05, 3.63) is 47.3 Å². The summed E-state index contributed by atoms with van der Waals surface area (Å²) in [5.74, 6) is -1.95. The highest BCUT2D eigenvalue weighted by Gasteiger charge is 2.24. The Morgan fingerprint density at radius 3 is 2.59 bits per heavy atom. The van der Waals surface area contributed by atoms with Crippen molar-refractivity contribution in [1.29, 1.82) is 0 Å². The van der Waals surface area contributed by atoms with Crippen LogP contribution >= 0.6 is 0 Å². The summed E-state index contributed by atoms with van der Waals surface area (Å²) in [5.41, 5.74) is 1.53. The zero-order valence-electron chi connectivity index (χ0n) is 12.5. The van der Waals surface area contributed by atoms with Gasteiger partial charge in [0.2, 0.25) is 10.0 Å². The Labute approximate surface area is 128 Å². The monoisotopic (exact) mass is 329 g/mol. The maximum absolute atomic E-state index is 13.7. The Morgan fingerprint density at radius 2 is 2.05 bits per heavy atom. The van der Waals surface area contributed by atoms with Crippen molar-refractivity contribution in [1.82, 2.24) is 14.5 Å². The normalized spacial score (nSPS) is 13.3. The fraction of sp³-hybridized carbons (Fsp3) is 0.357. The first kappa shape index (κ1) is 16.6. The van der Waals surface area contributed by atoms with Crippen LogP contribution in [0.2, 0.25) is 0 Å². The third-order valence-electron chi connectivity index (χ3n) is 3.42.